The number of fused-ring (bicyclic) bond motifs is 24. The summed E-state index contributed by atoms with van der Waals surface area (Å²) in [5, 5.41) is 21.5. The van der Waals surface area contributed by atoms with Gasteiger partial charge in [0, 0.05) is 145 Å². The van der Waals surface area contributed by atoms with Gasteiger partial charge in [0.25, 0.3) is 0 Å². The first kappa shape index (κ1) is 74.9. The van der Waals surface area contributed by atoms with Gasteiger partial charge in [0.1, 0.15) is 55.8 Å². The van der Waals surface area contributed by atoms with E-state index in [-0.39, 0.29) is 0 Å². The summed E-state index contributed by atoms with van der Waals surface area (Å²) in [5.74, 6) is 0. The van der Waals surface area contributed by atoms with Gasteiger partial charge < -0.3 is 31.2 Å². The van der Waals surface area contributed by atoms with Crippen molar-refractivity contribution in [3.8, 4) is 67.0 Å². The van der Waals surface area contributed by atoms with Crippen LogP contribution in [-0.2, 0) is 0 Å². The van der Waals surface area contributed by atoms with E-state index in [0.29, 0.717) is 15.1 Å². The minimum absolute atomic E-state index is 0.678. The summed E-state index contributed by atoms with van der Waals surface area (Å²) in [6.45, 7) is 0. The Hall–Kier alpha value is -14.8. The smallest absolute Gasteiger partial charge is 0.136 e. The van der Waals surface area contributed by atoms with Crippen molar-refractivity contribution < 1.29 is 22.1 Å². The lowest BCUT2D eigenvalue weighted by Gasteiger charge is -2.09. The second-order valence-electron chi connectivity index (χ2n) is 31.8. The Bertz CT molecular complexity index is 8830. The molecule has 0 spiro atoms. The molecule has 126 heavy (non-hydrogen) atoms. The molecule has 0 saturated carbocycles. The number of aromatic nitrogens is 2. The number of nitrogens with zero attached hydrogens (tertiary/aromatic N) is 2. The molecule has 0 atom stereocenters. The first-order valence-electron chi connectivity index (χ1n) is 41.6. The van der Waals surface area contributed by atoms with E-state index in [2.05, 4.69) is 300 Å². The Balaban J connectivity index is 0.0000000950. The quantitative estimate of drug-likeness (QED) is 0.159. The van der Waals surface area contributed by atoms with Crippen molar-refractivity contribution in [1.82, 2.24) is 9.13 Å². The molecule has 8 aromatic heterocycles. The van der Waals surface area contributed by atoms with Crippen molar-refractivity contribution in [3.63, 3.8) is 0 Å². The van der Waals surface area contributed by atoms with Gasteiger partial charge in [-0.25, -0.2) is 0 Å². The molecule has 0 bridgehead atoms. The van der Waals surface area contributed by atoms with Crippen molar-refractivity contribution in [3.05, 3.63) is 420 Å². The van der Waals surface area contributed by atoms with Crippen molar-refractivity contribution in [2.75, 3.05) is 0 Å². The second kappa shape index (κ2) is 30.6. The lowest BCUT2D eigenvalue weighted by Crippen LogP contribution is -1.93. The predicted octanol–water partition coefficient (Wildman–Crippen LogP) is 35.8. The van der Waals surface area contributed by atoms with Gasteiger partial charge in [-0.05, 0) is 244 Å². The fraction of sp³-hybridized carbons (Fsp3) is 0. The maximum absolute atomic E-state index is 6.29. The minimum Gasteiger partial charge on any atom is -0.456 e. The highest BCUT2D eigenvalue weighted by molar-refractivity contribution is 7.25. The van der Waals surface area contributed by atoms with Crippen LogP contribution in [0.15, 0.2) is 422 Å². The van der Waals surface area contributed by atoms with E-state index in [1.54, 1.807) is 0 Å². The Morgan fingerprint density at radius 2 is 0.429 bits per heavy atom. The van der Waals surface area contributed by atoms with Crippen molar-refractivity contribution in [2.45, 2.75) is 0 Å². The highest BCUT2D eigenvalue weighted by Crippen LogP contribution is 2.45. The minimum atomic E-state index is 0.678. The van der Waals surface area contributed by atoms with E-state index in [4.69, 9.17) is 68.5 Å². The van der Waals surface area contributed by atoms with Gasteiger partial charge in [-0.2, -0.15) is 0 Å². The number of thiophene rings is 1. The summed E-state index contributed by atoms with van der Waals surface area (Å²) in [6.07, 6.45) is 0. The van der Waals surface area contributed by atoms with Crippen LogP contribution in [-0.4, -0.2) is 9.13 Å². The molecule has 0 amide bonds. The van der Waals surface area contributed by atoms with Crippen LogP contribution >= 0.6 is 57.7 Å². The van der Waals surface area contributed by atoms with Gasteiger partial charge in [0.05, 0.1) is 22.1 Å². The van der Waals surface area contributed by atoms with E-state index in [0.717, 1.165) is 154 Å². The number of benzene rings is 19. The molecular formula is C114H66Cl4N2O5S. The van der Waals surface area contributed by atoms with Gasteiger partial charge in [-0.15, -0.1) is 11.3 Å². The third-order valence-electron chi connectivity index (χ3n) is 24.4. The molecule has 0 aliphatic carbocycles. The van der Waals surface area contributed by atoms with Crippen LogP contribution in [0.25, 0.3) is 240 Å². The molecule has 27 rings (SSSR count). The van der Waals surface area contributed by atoms with Crippen molar-refractivity contribution in [1.29, 1.82) is 0 Å². The maximum Gasteiger partial charge on any atom is 0.136 e. The first-order valence-corrected chi connectivity index (χ1v) is 43.9. The fourth-order valence-electron chi connectivity index (χ4n) is 18.4. The van der Waals surface area contributed by atoms with E-state index in [1.807, 2.05) is 121 Å². The molecule has 0 aliphatic heterocycles. The molecule has 0 fully saturated rings. The second-order valence-corrected chi connectivity index (χ2v) is 34.7. The Morgan fingerprint density at radius 3 is 0.873 bits per heavy atom. The van der Waals surface area contributed by atoms with Gasteiger partial charge in [0.15, 0.2) is 0 Å². The summed E-state index contributed by atoms with van der Waals surface area (Å²) < 4.78 is 37.6. The summed E-state index contributed by atoms with van der Waals surface area (Å²) in [7, 11) is 0. The zero-order valence-electron chi connectivity index (χ0n) is 67.0. The molecule has 19 aromatic carbocycles. The average molecular weight is 1720 g/mol. The van der Waals surface area contributed by atoms with Crippen LogP contribution in [0.5, 0.6) is 0 Å². The van der Waals surface area contributed by atoms with Crippen LogP contribution in [0.3, 0.4) is 0 Å². The number of rotatable bonds is 7. The summed E-state index contributed by atoms with van der Waals surface area (Å²) in [4.78, 5) is 0. The largest absolute Gasteiger partial charge is 0.456 e. The van der Waals surface area contributed by atoms with Crippen molar-refractivity contribution in [2.24, 2.45) is 0 Å². The topological polar surface area (TPSA) is 75.6 Å². The van der Waals surface area contributed by atoms with Crippen molar-refractivity contribution >= 4 is 231 Å². The number of hydrogen-bond acceptors (Lipinski definition) is 6. The zero-order chi connectivity index (χ0) is 83.8. The first-order chi connectivity index (χ1) is 62.0. The third kappa shape index (κ3) is 13.2. The lowest BCUT2D eigenvalue weighted by atomic mass is 10.00. The Kier molecular flexibility index (Phi) is 18.2. The summed E-state index contributed by atoms with van der Waals surface area (Å²) in [5.41, 5.74) is 27.4. The molecule has 7 nitrogen and oxygen atoms in total. The number of halogens is 4. The van der Waals surface area contributed by atoms with Crippen LogP contribution in [0.2, 0.25) is 20.1 Å². The van der Waals surface area contributed by atoms with Gasteiger partial charge in [0.2, 0.25) is 0 Å². The lowest BCUT2D eigenvalue weighted by molar-refractivity contribution is 0.668. The maximum atomic E-state index is 6.29. The van der Waals surface area contributed by atoms with E-state index >= 15 is 0 Å². The summed E-state index contributed by atoms with van der Waals surface area (Å²) in [6, 6.07) is 139. The Labute approximate surface area is 744 Å². The number of furan rings is 5. The molecule has 0 saturated heterocycles. The number of para-hydroxylation sites is 5. The summed E-state index contributed by atoms with van der Waals surface area (Å²) >= 11 is 26.3. The highest BCUT2D eigenvalue weighted by Gasteiger charge is 2.21. The monoisotopic (exact) mass is 1710 g/mol. The normalized spacial score (nSPS) is 11.8. The third-order valence-corrected chi connectivity index (χ3v) is 26.5. The van der Waals surface area contributed by atoms with Gasteiger partial charge in [-0.1, -0.05) is 241 Å². The molecular weight excluding hydrogens is 1650 g/mol. The van der Waals surface area contributed by atoms with E-state index in [1.165, 1.54) is 91.6 Å². The molecule has 0 N–H and O–H groups in total. The predicted molar refractivity (Wildman–Crippen MR) is 531 cm³/mol. The Morgan fingerprint density at radius 1 is 0.159 bits per heavy atom. The van der Waals surface area contributed by atoms with E-state index in [9.17, 15) is 0 Å². The average Bonchev–Trinajstić information content (AvgIpc) is 1.59. The van der Waals surface area contributed by atoms with Crippen LogP contribution in [0.4, 0.5) is 0 Å². The van der Waals surface area contributed by atoms with Crippen LogP contribution < -0.4 is 0 Å². The molecule has 8 heterocycles. The fourth-order valence-corrected chi connectivity index (χ4v) is 20.1. The molecule has 596 valence electrons. The van der Waals surface area contributed by atoms with Gasteiger partial charge in [-0.3, -0.25) is 0 Å². The molecule has 0 radical (unpaired) electrons. The van der Waals surface area contributed by atoms with E-state index < -0.39 is 0 Å². The van der Waals surface area contributed by atoms with Crippen LogP contribution in [0, 0.1) is 0 Å². The SMILES string of the molecule is Clc1ccc(-c2ccc3c(c2)oc2ccc(-c4ccc5c6ccccc6n(-c6ccccc6)c5c4)cc23)cc1.Clc1ccc2c(c1)oc1ccc(-c3ccc4c(c3)oc3ccccc34)cc12.Clc1ccc2c(c1)oc1ccc(-c3ccc4c(c3)sc3ccccc34)cc12.Clc1ccc2c(c1)oc1ccc(-c3ccc4c5ccccc5n(-c5ccccc5)c4c3)cc12. The highest BCUT2D eigenvalue weighted by atomic mass is 35.5. The number of hydrogen-bond donors (Lipinski definition) is 0. The molecule has 12 heteroatoms. The zero-order valence-corrected chi connectivity index (χ0v) is 70.8. The molecule has 0 aliphatic rings. The molecule has 27 aromatic rings. The standard InChI is InChI=1S/C36H22ClNO.C30H18ClNO.C24H13ClO2.C24H13ClOS/c37-27-15-10-23(11-16-27)26-13-18-31-32-20-24(14-19-35(32)39-36(31)22-26)25-12-17-30-29-8-4-5-9-33(29)38(34(30)21-25)28-6-2-1-3-7-28;31-21-12-14-25-26-16-19(11-15-29(26)33-30(25)18-21)20-10-13-24-23-8-4-5-9-27(23)32(28(24)17-20)22-6-2-1-3-7-22;25-16-7-9-19-20-11-14(6-10-22(20)27-24(19)13-16)15-5-8-18-17-3-1-2-4-21(17)26-23(18)12-15;25-16-7-9-17-20-11-14(6-10-21(20)26-22(17)13-16)15-5-8-19-18-3-1-2-4-23(18)27-24(19)12-15/h1-22H;1-18H;2*1-13H. The van der Waals surface area contributed by atoms with Gasteiger partial charge >= 0.3 is 0 Å². The van der Waals surface area contributed by atoms with Crippen LogP contribution in [0.1, 0.15) is 0 Å². The molecule has 0 unspecified atom stereocenters.